The molecule has 0 spiro atoms. The number of carbonyl (C=O) groups excluding carboxylic acids is 2. The third kappa shape index (κ3) is 6.03. The van der Waals surface area contributed by atoms with Crippen LogP contribution in [0.3, 0.4) is 0 Å². The lowest BCUT2D eigenvalue weighted by molar-refractivity contribution is -0.142. The summed E-state index contributed by atoms with van der Waals surface area (Å²) in [5, 5.41) is 2.75. The van der Waals surface area contributed by atoms with Gasteiger partial charge in [0.05, 0.1) is 7.11 Å². The Labute approximate surface area is 172 Å². The van der Waals surface area contributed by atoms with Crippen molar-refractivity contribution in [2.75, 3.05) is 13.7 Å². The SMILES string of the molecule is COC(=O)COc1ccc(C(NC(=O)c2ccccc2)C(Cl)(Cl)Cl)cc1C. The highest BCUT2D eigenvalue weighted by molar-refractivity contribution is 6.68. The smallest absolute Gasteiger partial charge is 0.343 e. The number of methoxy groups -OCH3 is 1. The van der Waals surface area contributed by atoms with Gasteiger partial charge in [0.2, 0.25) is 3.79 Å². The maximum atomic E-state index is 12.5. The summed E-state index contributed by atoms with van der Waals surface area (Å²) >= 11 is 18.3. The number of hydrogen-bond donors (Lipinski definition) is 1. The highest BCUT2D eigenvalue weighted by Gasteiger charge is 2.35. The molecule has 1 atom stereocenters. The summed E-state index contributed by atoms with van der Waals surface area (Å²) in [6, 6.07) is 12.8. The molecule has 0 aromatic heterocycles. The molecule has 0 bridgehead atoms. The lowest BCUT2D eigenvalue weighted by Crippen LogP contribution is -2.36. The minimum Gasteiger partial charge on any atom is -0.482 e. The van der Waals surface area contributed by atoms with Gasteiger partial charge in [0, 0.05) is 5.56 Å². The van der Waals surface area contributed by atoms with Crippen LogP contribution in [0.2, 0.25) is 0 Å². The van der Waals surface area contributed by atoms with E-state index in [1.54, 1.807) is 55.5 Å². The van der Waals surface area contributed by atoms with Gasteiger partial charge in [-0.05, 0) is 36.2 Å². The number of ether oxygens (including phenoxy) is 2. The van der Waals surface area contributed by atoms with E-state index in [4.69, 9.17) is 39.5 Å². The van der Waals surface area contributed by atoms with E-state index in [1.165, 1.54) is 7.11 Å². The molecule has 0 aliphatic heterocycles. The Morgan fingerprint density at radius 3 is 2.33 bits per heavy atom. The molecule has 27 heavy (non-hydrogen) atoms. The van der Waals surface area contributed by atoms with Crippen molar-refractivity contribution in [3.8, 4) is 5.75 Å². The summed E-state index contributed by atoms with van der Waals surface area (Å²) < 4.78 is 8.17. The highest BCUT2D eigenvalue weighted by Crippen LogP contribution is 2.41. The van der Waals surface area contributed by atoms with Crippen molar-refractivity contribution in [2.45, 2.75) is 16.8 Å². The monoisotopic (exact) mass is 429 g/mol. The fourth-order valence-electron chi connectivity index (χ4n) is 2.37. The Bertz CT molecular complexity index is 806. The van der Waals surface area contributed by atoms with E-state index >= 15 is 0 Å². The predicted molar refractivity (Wildman–Crippen MR) is 106 cm³/mol. The topological polar surface area (TPSA) is 64.6 Å². The van der Waals surface area contributed by atoms with Crippen molar-refractivity contribution in [2.24, 2.45) is 0 Å². The Morgan fingerprint density at radius 2 is 1.78 bits per heavy atom. The fourth-order valence-corrected chi connectivity index (χ4v) is 2.91. The number of alkyl halides is 3. The number of benzene rings is 2. The summed E-state index contributed by atoms with van der Waals surface area (Å²) in [4.78, 5) is 23.7. The Balaban J connectivity index is 2.23. The number of esters is 1. The zero-order chi connectivity index (χ0) is 20.0. The van der Waals surface area contributed by atoms with E-state index in [1.807, 2.05) is 0 Å². The van der Waals surface area contributed by atoms with Crippen LogP contribution >= 0.6 is 34.8 Å². The van der Waals surface area contributed by atoms with Gasteiger partial charge in [0.15, 0.2) is 6.61 Å². The van der Waals surface area contributed by atoms with Crippen LogP contribution < -0.4 is 10.1 Å². The second kappa shape index (κ2) is 9.31. The molecule has 1 unspecified atom stereocenters. The Kier molecular flexibility index (Phi) is 7.36. The van der Waals surface area contributed by atoms with Gasteiger partial charge in [-0.15, -0.1) is 0 Å². The number of rotatable bonds is 6. The van der Waals surface area contributed by atoms with Crippen molar-refractivity contribution in [3.05, 3.63) is 65.2 Å². The number of carbonyl (C=O) groups is 2. The fraction of sp³-hybridized carbons (Fsp3) is 0.263. The van der Waals surface area contributed by atoms with Crippen LogP contribution in [0.5, 0.6) is 5.75 Å². The maximum Gasteiger partial charge on any atom is 0.343 e. The number of amides is 1. The van der Waals surface area contributed by atoms with E-state index in [2.05, 4.69) is 10.1 Å². The van der Waals surface area contributed by atoms with E-state index in [9.17, 15) is 9.59 Å². The molecule has 2 aromatic rings. The Hall–Kier alpha value is -1.95. The standard InChI is InChI=1S/C19H18Cl3NO4/c1-12-10-14(8-9-15(12)27-11-16(24)26-2)17(19(20,21)22)23-18(25)13-6-4-3-5-7-13/h3-10,17H,11H2,1-2H3,(H,23,25). The zero-order valence-corrected chi connectivity index (χ0v) is 16.9. The molecule has 0 heterocycles. The van der Waals surface area contributed by atoms with E-state index in [0.717, 1.165) is 0 Å². The number of hydrogen-bond acceptors (Lipinski definition) is 4. The van der Waals surface area contributed by atoms with Gasteiger partial charge in [-0.2, -0.15) is 0 Å². The minimum absolute atomic E-state index is 0.213. The predicted octanol–water partition coefficient (Wildman–Crippen LogP) is 4.39. The van der Waals surface area contributed by atoms with Crippen LogP contribution in [-0.2, 0) is 9.53 Å². The van der Waals surface area contributed by atoms with E-state index in [0.29, 0.717) is 22.4 Å². The van der Waals surface area contributed by atoms with Gasteiger partial charge in [-0.25, -0.2) is 4.79 Å². The zero-order valence-electron chi connectivity index (χ0n) is 14.7. The van der Waals surface area contributed by atoms with Gasteiger partial charge in [0.25, 0.3) is 5.91 Å². The number of nitrogens with one attached hydrogen (secondary N) is 1. The van der Waals surface area contributed by atoms with Crippen molar-refractivity contribution < 1.29 is 19.1 Å². The molecule has 0 saturated heterocycles. The second-order valence-electron chi connectivity index (χ2n) is 5.70. The number of halogens is 3. The molecule has 144 valence electrons. The summed E-state index contributed by atoms with van der Waals surface area (Å²) in [6.07, 6.45) is 0. The molecule has 0 fully saturated rings. The second-order valence-corrected chi connectivity index (χ2v) is 8.07. The molecule has 8 heteroatoms. The van der Waals surface area contributed by atoms with Gasteiger partial charge in [-0.3, -0.25) is 4.79 Å². The summed E-state index contributed by atoms with van der Waals surface area (Å²) in [5.74, 6) is -0.370. The number of aryl methyl sites for hydroxylation is 1. The third-order valence-electron chi connectivity index (χ3n) is 3.74. The third-order valence-corrected chi connectivity index (χ3v) is 4.40. The first kappa shape index (κ1) is 21.4. The average Bonchev–Trinajstić information content (AvgIpc) is 2.64. The molecule has 5 nitrogen and oxygen atoms in total. The van der Waals surface area contributed by atoms with Crippen LogP contribution in [0.4, 0.5) is 0 Å². The molecule has 1 N–H and O–H groups in total. The molecule has 2 rings (SSSR count). The van der Waals surface area contributed by atoms with Crippen LogP contribution in [0.1, 0.15) is 27.5 Å². The van der Waals surface area contributed by atoms with E-state index in [-0.39, 0.29) is 12.5 Å². The molecular weight excluding hydrogens is 413 g/mol. The largest absolute Gasteiger partial charge is 0.482 e. The van der Waals surface area contributed by atoms with Crippen molar-refractivity contribution >= 4 is 46.7 Å². The highest BCUT2D eigenvalue weighted by atomic mass is 35.6. The average molecular weight is 431 g/mol. The van der Waals surface area contributed by atoms with Crippen LogP contribution in [0.25, 0.3) is 0 Å². The summed E-state index contributed by atoms with van der Waals surface area (Å²) in [5.41, 5.74) is 1.75. The first-order chi connectivity index (χ1) is 12.7. The molecule has 0 radical (unpaired) electrons. The molecule has 0 saturated carbocycles. The van der Waals surface area contributed by atoms with Gasteiger partial charge in [-0.1, -0.05) is 65.1 Å². The van der Waals surface area contributed by atoms with Gasteiger partial charge < -0.3 is 14.8 Å². The van der Waals surface area contributed by atoms with Gasteiger partial charge in [0.1, 0.15) is 11.8 Å². The molecule has 1 amide bonds. The summed E-state index contributed by atoms with van der Waals surface area (Å²) in [6.45, 7) is 1.57. The quantitative estimate of drug-likeness (QED) is 0.545. The summed E-state index contributed by atoms with van der Waals surface area (Å²) in [7, 11) is 1.28. The lowest BCUT2D eigenvalue weighted by atomic mass is 10.0. The first-order valence-corrected chi connectivity index (χ1v) is 9.08. The molecule has 0 aliphatic rings. The lowest BCUT2D eigenvalue weighted by Gasteiger charge is -2.26. The Morgan fingerprint density at radius 1 is 1.11 bits per heavy atom. The van der Waals surface area contributed by atoms with Crippen LogP contribution in [0, 0.1) is 6.92 Å². The minimum atomic E-state index is -1.77. The van der Waals surface area contributed by atoms with E-state index < -0.39 is 15.8 Å². The first-order valence-electron chi connectivity index (χ1n) is 7.95. The van der Waals surface area contributed by atoms with Crippen LogP contribution in [-0.4, -0.2) is 29.4 Å². The van der Waals surface area contributed by atoms with Crippen molar-refractivity contribution in [1.29, 1.82) is 0 Å². The van der Waals surface area contributed by atoms with Crippen LogP contribution in [0.15, 0.2) is 48.5 Å². The molecular formula is C19H18Cl3NO4. The normalized spacial score (nSPS) is 12.2. The maximum absolute atomic E-state index is 12.5. The van der Waals surface area contributed by atoms with Crippen molar-refractivity contribution in [1.82, 2.24) is 5.32 Å². The van der Waals surface area contributed by atoms with Crippen molar-refractivity contribution in [3.63, 3.8) is 0 Å². The van der Waals surface area contributed by atoms with Gasteiger partial charge >= 0.3 is 5.97 Å². The molecule has 2 aromatic carbocycles. The molecule has 0 aliphatic carbocycles.